The Balaban J connectivity index is 1.64. The van der Waals surface area contributed by atoms with Gasteiger partial charge in [-0.1, -0.05) is 12.0 Å². The van der Waals surface area contributed by atoms with E-state index in [1.165, 1.54) is 23.5 Å². The van der Waals surface area contributed by atoms with E-state index >= 15 is 0 Å². The van der Waals surface area contributed by atoms with Gasteiger partial charge in [0.05, 0.1) is 17.9 Å². The third-order valence-corrected chi connectivity index (χ3v) is 5.77. The zero-order valence-corrected chi connectivity index (χ0v) is 17.6. The number of pyridine rings is 2. The van der Waals surface area contributed by atoms with E-state index in [0.717, 1.165) is 23.9 Å². The van der Waals surface area contributed by atoms with E-state index < -0.39 is 32.9 Å². The van der Waals surface area contributed by atoms with E-state index in [-0.39, 0.29) is 10.6 Å². The molecule has 1 aliphatic heterocycles. The van der Waals surface area contributed by atoms with Crippen molar-refractivity contribution in [3.05, 3.63) is 77.2 Å². The van der Waals surface area contributed by atoms with Crippen molar-refractivity contribution in [1.82, 2.24) is 15.4 Å². The largest absolute Gasteiger partial charge is 0.277 e. The number of halogens is 2. The van der Waals surface area contributed by atoms with Crippen LogP contribution < -0.4 is 15.3 Å². The first-order valence-corrected chi connectivity index (χ1v) is 11.0. The summed E-state index contributed by atoms with van der Waals surface area (Å²) in [6.45, 7) is 2.77. The van der Waals surface area contributed by atoms with Crippen molar-refractivity contribution in [3.63, 3.8) is 0 Å². The molecule has 0 unspecified atom stereocenters. The fourth-order valence-electron chi connectivity index (χ4n) is 2.91. The smallest absolute Gasteiger partial charge is 0.263 e. The van der Waals surface area contributed by atoms with Crippen LogP contribution in [0, 0.1) is 23.5 Å². The minimum Gasteiger partial charge on any atom is -0.277 e. The number of hydrogen-bond donors (Lipinski definition) is 2. The van der Waals surface area contributed by atoms with Gasteiger partial charge in [0, 0.05) is 24.5 Å². The molecule has 0 saturated heterocycles. The molecule has 0 amide bonds. The van der Waals surface area contributed by atoms with Crippen molar-refractivity contribution in [2.75, 3.05) is 16.5 Å². The van der Waals surface area contributed by atoms with Gasteiger partial charge in [0.25, 0.3) is 10.0 Å². The molecule has 0 aliphatic carbocycles. The van der Waals surface area contributed by atoms with Crippen molar-refractivity contribution in [3.8, 4) is 11.8 Å². The number of fused-ring (bicyclic) bond motifs is 1. The van der Waals surface area contributed by atoms with Crippen LogP contribution in [0.2, 0.25) is 0 Å². The van der Waals surface area contributed by atoms with Crippen molar-refractivity contribution >= 4 is 21.5 Å². The molecule has 0 radical (unpaired) electrons. The van der Waals surface area contributed by atoms with Crippen LogP contribution in [-0.2, 0) is 21.4 Å². The molecule has 3 aromatic rings. The second-order valence-electron chi connectivity index (χ2n) is 6.55. The van der Waals surface area contributed by atoms with E-state index in [4.69, 9.17) is 4.84 Å². The van der Waals surface area contributed by atoms with Gasteiger partial charge in [0.2, 0.25) is 0 Å². The summed E-state index contributed by atoms with van der Waals surface area (Å²) in [5.74, 6) is 3.47. The summed E-state index contributed by atoms with van der Waals surface area (Å²) in [5, 5.41) is 1.41. The Bertz CT molecular complexity index is 1320. The Hall–Kier alpha value is -3.59. The maximum Gasteiger partial charge on any atom is 0.263 e. The Morgan fingerprint density at radius 2 is 2.06 bits per heavy atom. The van der Waals surface area contributed by atoms with Crippen LogP contribution >= 0.6 is 0 Å². The Labute approximate surface area is 183 Å². The van der Waals surface area contributed by atoms with Crippen LogP contribution in [0.4, 0.5) is 20.3 Å². The highest BCUT2D eigenvalue weighted by Gasteiger charge is 2.22. The number of aromatic nitrogens is 2. The molecule has 164 valence electrons. The molecular formula is C21H17F2N5O3S. The lowest BCUT2D eigenvalue weighted by atomic mass is 10.1. The fraction of sp³-hybridized carbons (Fsp3) is 0.143. The van der Waals surface area contributed by atoms with Crippen LogP contribution in [0.15, 0.2) is 53.7 Å². The highest BCUT2D eigenvalue weighted by molar-refractivity contribution is 7.92. The quantitative estimate of drug-likeness (QED) is 0.569. The first kappa shape index (κ1) is 21.6. The molecule has 0 fully saturated rings. The predicted octanol–water partition coefficient (Wildman–Crippen LogP) is 2.73. The molecule has 3 heterocycles. The van der Waals surface area contributed by atoms with Crippen molar-refractivity contribution in [2.24, 2.45) is 0 Å². The number of nitrogens with one attached hydrogen (secondary N) is 2. The topological polar surface area (TPSA) is 96.5 Å². The van der Waals surface area contributed by atoms with E-state index in [1.54, 1.807) is 12.1 Å². The molecule has 0 atom stereocenters. The average molecular weight is 457 g/mol. The molecule has 2 aromatic heterocycles. The summed E-state index contributed by atoms with van der Waals surface area (Å²) in [5.41, 5.74) is 3.12. The SMILES string of the molecule is CCON1NCc2ccc(C#Cc3c(F)ccc(NS(=O)(=O)c4cccnc4)c3F)nc21. The average Bonchev–Trinajstić information content (AvgIpc) is 3.19. The second-order valence-corrected chi connectivity index (χ2v) is 8.24. The summed E-state index contributed by atoms with van der Waals surface area (Å²) >= 11 is 0. The molecule has 1 aliphatic rings. The molecule has 0 bridgehead atoms. The van der Waals surface area contributed by atoms with E-state index in [1.807, 2.05) is 6.92 Å². The molecule has 11 heteroatoms. The normalized spacial score (nSPS) is 12.8. The zero-order chi connectivity index (χ0) is 22.7. The highest BCUT2D eigenvalue weighted by Crippen LogP contribution is 2.25. The lowest BCUT2D eigenvalue weighted by Crippen LogP contribution is -2.32. The van der Waals surface area contributed by atoms with Gasteiger partial charge in [-0.25, -0.2) is 27.6 Å². The number of anilines is 2. The monoisotopic (exact) mass is 457 g/mol. The fourth-order valence-corrected chi connectivity index (χ4v) is 3.93. The molecule has 0 saturated carbocycles. The molecule has 32 heavy (non-hydrogen) atoms. The Kier molecular flexibility index (Phi) is 6.00. The lowest BCUT2D eigenvalue weighted by molar-refractivity contribution is 0.0970. The number of nitrogens with zero attached hydrogens (tertiary/aromatic N) is 3. The lowest BCUT2D eigenvalue weighted by Gasteiger charge is -2.15. The minimum atomic E-state index is -4.11. The van der Waals surface area contributed by atoms with Gasteiger partial charge in [0.15, 0.2) is 11.6 Å². The van der Waals surface area contributed by atoms with Crippen molar-refractivity contribution < 1.29 is 22.0 Å². The number of benzene rings is 1. The van der Waals surface area contributed by atoms with Crippen LogP contribution in [0.3, 0.4) is 0 Å². The van der Waals surface area contributed by atoms with Gasteiger partial charge < -0.3 is 0 Å². The van der Waals surface area contributed by atoms with E-state index in [0.29, 0.717) is 19.0 Å². The van der Waals surface area contributed by atoms with Gasteiger partial charge in [-0.05, 0) is 43.2 Å². The summed E-state index contributed by atoms with van der Waals surface area (Å²) in [4.78, 5) is 13.3. The first-order valence-electron chi connectivity index (χ1n) is 9.48. The first-order chi connectivity index (χ1) is 15.4. The van der Waals surface area contributed by atoms with E-state index in [9.17, 15) is 17.2 Å². The maximum absolute atomic E-state index is 14.9. The molecular weight excluding hydrogens is 440 g/mol. The number of sulfonamides is 1. The summed E-state index contributed by atoms with van der Waals surface area (Å²) in [6, 6.07) is 8.06. The van der Waals surface area contributed by atoms with Crippen molar-refractivity contribution in [2.45, 2.75) is 18.4 Å². The maximum atomic E-state index is 14.9. The zero-order valence-electron chi connectivity index (χ0n) is 16.8. The Morgan fingerprint density at radius 1 is 1.22 bits per heavy atom. The molecule has 2 N–H and O–H groups in total. The standard InChI is InChI=1S/C21H17F2N5O3S/c1-2-31-28-21-14(12-25-28)5-6-15(26-21)7-8-17-18(22)9-10-19(20(17)23)27-32(29,30)16-4-3-11-24-13-16/h3-6,9-11,13,25,27H,2,12H2,1H3. The molecule has 8 nitrogen and oxygen atoms in total. The number of rotatable bonds is 5. The summed E-state index contributed by atoms with van der Waals surface area (Å²) < 4.78 is 56.2. The van der Waals surface area contributed by atoms with Gasteiger partial charge in [-0.3, -0.25) is 14.5 Å². The number of hydrazine groups is 1. The van der Waals surface area contributed by atoms with Crippen LogP contribution in [0.1, 0.15) is 23.7 Å². The highest BCUT2D eigenvalue weighted by atomic mass is 32.2. The van der Waals surface area contributed by atoms with Crippen molar-refractivity contribution in [1.29, 1.82) is 0 Å². The molecule has 4 rings (SSSR count). The molecule has 0 spiro atoms. The van der Waals surface area contributed by atoms with Crippen LogP contribution in [0.5, 0.6) is 0 Å². The second kappa shape index (κ2) is 8.88. The summed E-state index contributed by atoms with van der Waals surface area (Å²) in [6.07, 6.45) is 2.52. The van der Waals surface area contributed by atoms with E-state index in [2.05, 4.69) is 32.0 Å². The van der Waals surface area contributed by atoms with Gasteiger partial charge >= 0.3 is 0 Å². The number of hydrogen-bond acceptors (Lipinski definition) is 7. The van der Waals surface area contributed by atoms with Gasteiger partial charge in [-0.2, -0.15) is 5.17 Å². The van der Waals surface area contributed by atoms with Crippen LogP contribution in [0.25, 0.3) is 0 Å². The molecule has 1 aromatic carbocycles. The Morgan fingerprint density at radius 3 is 2.81 bits per heavy atom. The van der Waals surface area contributed by atoms with Gasteiger partial charge in [0.1, 0.15) is 16.4 Å². The van der Waals surface area contributed by atoms with Gasteiger partial charge in [-0.15, -0.1) is 0 Å². The summed E-state index contributed by atoms with van der Waals surface area (Å²) in [7, 11) is -4.11. The minimum absolute atomic E-state index is 0.161. The van der Waals surface area contributed by atoms with Crippen LogP contribution in [-0.4, -0.2) is 25.0 Å². The third-order valence-electron chi connectivity index (χ3n) is 4.42. The third kappa shape index (κ3) is 4.38. The predicted molar refractivity (Wildman–Crippen MR) is 113 cm³/mol.